The fraction of sp³-hybridized carbons (Fsp3) is 0.154. The number of rotatable bonds is 4. The Morgan fingerprint density at radius 2 is 1.95 bits per heavy atom. The molecule has 0 spiro atoms. The Hall–Kier alpha value is -2.15. The van der Waals surface area contributed by atoms with Crippen LogP contribution in [0.25, 0.3) is 0 Å². The van der Waals surface area contributed by atoms with Gasteiger partial charge in [-0.15, -0.1) is 0 Å². The monoisotopic (exact) mass is 337 g/mol. The lowest BCUT2D eigenvalue weighted by molar-refractivity contribution is -0.389. The molecule has 0 saturated heterocycles. The molecule has 2 aromatic rings. The van der Waals surface area contributed by atoms with E-state index in [1.165, 1.54) is 12.1 Å². The van der Waals surface area contributed by atoms with Gasteiger partial charge in [0.25, 0.3) is 5.91 Å². The molecular weight excluding hydrogens is 326 g/mol. The van der Waals surface area contributed by atoms with Crippen molar-refractivity contribution >= 4 is 27.7 Å². The third-order valence-corrected chi connectivity index (χ3v) is 3.36. The minimum atomic E-state index is -0.574. The molecule has 1 amide bonds. The highest BCUT2D eigenvalue weighted by Gasteiger charge is 2.17. The number of aromatic amines is 1. The van der Waals surface area contributed by atoms with E-state index >= 15 is 0 Å². The molecule has 0 aliphatic heterocycles. The normalized spacial score (nSPS) is 11.9. The van der Waals surface area contributed by atoms with Gasteiger partial charge in [-0.1, -0.05) is 28.1 Å². The van der Waals surface area contributed by atoms with Crippen molar-refractivity contribution in [2.75, 3.05) is 0 Å². The summed E-state index contributed by atoms with van der Waals surface area (Å²) in [7, 11) is 0. The van der Waals surface area contributed by atoms with Crippen LogP contribution in [0.3, 0.4) is 0 Å². The fourth-order valence-corrected chi connectivity index (χ4v) is 2.00. The second-order valence-corrected chi connectivity index (χ2v) is 5.18. The lowest BCUT2D eigenvalue weighted by Gasteiger charge is -2.13. The van der Waals surface area contributed by atoms with Gasteiger partial charge in [0.05, 0.1) is 6.04 Å². The van der Waals surface area contributed by atoms with Gasteiger partial charge in [0, 0.05) is 10.5 Å². The van der Waals surface area contributed by atoms with Crippen molar-refractivity contribution in [3.63, 3.8) is 0 Å². The van der Waals surface area contributed by atoms with Gasteiger partial charge in [0.1, 0.15) is 0 Å². The molecular formula is C13H12BrN3O3. The Morgan fingerprint density at radius 1 is 1.30 bits per heavy atom. The van der Waals surface area contributed by atoms with Crippen molar-refractivity contribution in [3.05, 3.63) is 62.2 Å². The maximum absolute atomic E-state index is 12.0. The second kappa shape index (κ2) is 5.87. The van der Waals surface area contributed by atoms with Gasteiger partial charge >= 0.3 is 5.82 Å². The van der Waals surface area contributed by atoms with Crippen LogP contribution in [0.5, 0.6) is 0 Å². The number of aromatic nitrogens is 1. The molecule has 0 aliphatic rings. The highest BCUT2D eigenvalue weighted by molar-refractivity contribution is 9.10. The Balaban J connectivity index is 2.06. The largest absolute Gasteiger partial charge is 0.358 e. The first kappa shape index (κ1) is 14.3. The third-order valence-electron chi connectivity index (χ3n) is 2.83. The first-order valence-corrected chi connectivity index (χ1v) is 6.66. The molecule has 104 valence electrons. The Kier molecular flexibility index (Phi) is 4.19. The molecule has 20 heavy (non-hydrogen) atoms. The van der Waals surface area contributed by atoms with Gasteiger partial charge in [-0.3, -0.25) is 4.79 Å². The quantitative estimate of drug-likeness (QED) is 0.663. The van der Waals surface area contributed by atoms with Crippen LogP contribution in [0.4, 0.5) is 5.82 Å². The fourth-order valence-electron chi connectivity index (χ4n) is 1.73. The zero-order chi connectivity index (χ0) is 14.7. The summed E-state index contributed by atoms with van der Waals surface area (Å²) in [5.41, 5.74) is 1.11. The summed E-state index contributed by atoms with van der Waals surface area (Å²) in [4.78, 5) is 24.4. The number of nitrogens with zero attached hydrogens (tertiary/aromatic N) is 1. The van der Waals surface area contributed by atoms with Crippen LogP contribution in [0.2, 0.25) is 0 Å². The summed E-state index contributed by atoms with van der Waals surface area (Å²) in [6, 6.07) is 10.0. The highest BCUT2D eigenvalue weighted by Crippen LogP contribution is 2.17. The summed E-state index contributed by atoms with van der Waals surface area (Å²) in [5.74, 6) is -0.583. The van der Waals surface area contributed by atoms with Gasteiger partial charge in [-0.2, -0.15) is 0 Å². The number of carbonyl (C=O) groups is 1. The van der Waals surface area contributed by atoms with Crippen LogP contribution in [0.15, 0.2) is 40.9 Å². The van der Waals surface area contributed by atoms with E-state index in [1.54, 1.807) is 0 Å². The molecule has 0 aliphatic carbocycles. The van der Waals surface area contributed by atoms with Crippen molar-refractivity contribution in [2.45, 2.75) is 13.0 Å². The predicted molar refractivity (Wildman–Crippen MR) is 77.5 cm³/mol. The van der Waals surface area contributed by atoms with Gasteiger partial charge in [0.15, 0.2) is 5.69 Å². The first-order chi connectivity index (χ1) is 9.47. The molecule has 1 unspecified atom stereocenters. The summed E-state index contributed by atoms with van der Waals surface area (Å²) < 4.78 is 0.958. The van der Waals surface area contributed by atoms with E-state index in [2.05, 4.69) is 26.2 Å². The Bertz CT molecular complexity index is 637. The molecule has 1 heterocycles. The van der Waals surface area contributed by atoms with E-state index in [1.807, 2.05) is 31.2 Å². The van der Waals surface area contributed by atoms with Gasteiger partial charge in [0.2, 0.25) is 0 Å². The van der Waals surface area contributed by atoms with E-state index in [4.69, 9.17) is 0 Å². The van der Waals surface area contributed by atoms with Crippen molar-refractivity contribution < 1.29 is 9.72 Å². The number of carbonyl (C=O) groups excluding carboxylic acids is 1. The van der Waals surface area contributed by atoms with E-state index in [-0.39, 0.29) is 23.5 Å². The standard InChI is InChI=1S/C13H12BrN3O3/c1-8(9-2-4-10(14)5-3-9)15-13(18)11-6-7-12(16-11)17(19)20/h2-8,16H,1H3,(H,15,18). The van der Waals surface area contributed by atoms with E-state index < -0.39 is 4.92 Å². The average molecular weight is 338 g/mol. The number of hydrogen-bond acceptors (Lipinski definition) is 3. The molecule has 0 radical (unpaired) electrons. The van der Waals surface area contributed by atoms with Crippen LogP contribution in [0, 0.1) is 10.1 Å². The second-order valence-electron chi connectivity index (χ2n) is 4.26. The molecule has 0 bridgehead atoms. The zero-order valence-electron chi connectivity index (χ0n) is 10.6. The number of amides is 1. The van der Waals surface area contributed by atoms with E-state index in [0.717, 1.165) is 10.0 Å². The van der Waals surface area contributed by atoms with Crippen LogP contribution < -0.4 is 5.32 Å². The lowest BCUT2D eigenvalue weighted by Crippen LogP contribution is -2.26. The molecule has 0 fully saturated rings. The van der Waals surface area contributed by atoms with Gasteiger partial charge < -0.3 is 15.4 Å². The molecule has 1 aromatic heterocycles. The van der Waals surface area contributed by atoms with Crippen LogP contribution in [-0.4, -0.2) is 15.8 Å². The summed E-state index contributed by atoms with van der Waals surface area (Å²) in [6.07, 6.45) is 0. The van der Waals surface area contributed by atoms with E-state index in [0.29, 0.717) is 0 Å². The predicted octanol–water partition coefficient (Wildman–Crippen LogP) is 3.18. The number of hydrogen-bond donors (Lipinski definition) is 2. The van der Waals surface area contributed by atoms with E-state index in [9.17, 15) is 14.9 Å². The smallest absolute Gasteiger partial charge is 0.321 e. The molecule has 1 aromatic carbocycles. The maximum Gasteiger partial charge on any atom is 0.321 e. The van der Waals surface area contributed by atoms with Crippen LogP contribution in [-0.2, 0) is 0 Å². The number of halogens is 1. The minimum Gasteiger partial charge on any atom is -0.358 e. The zero-order valence-corrected chi connectivity index (χ0v) is 12.2. The van der Waals surface area contributed by atoms with Crippen LogP contribution >= 0.6 is 15.9 Å². The van der Waals surface area contributed by atoms with Gasteiger partial charge in [-0.05, 0) is 35.6 Å². The topological polar surface area (TPSA) is 88.0 Å². The van der Waals surface area contributed by atoms with Crippen molar-refractivity contribution in [1.29, 1.82) is 0 Å². The third kappa shape index (κ3) is 3.24. The Morgan fingerprint density at radius 3 is 2.50 bits per heavy atom. The summed E-state index contributed by atoms with van der Waals surface area (Å²) in [5, 5.41) is 13.3. The van der Waals surface area contributed by atoms with Crippen molar-refractivity contribution in [3.8, 4) is 0 Å². The highest BCUT2D eigenvalue weighted by atomic mass is 79.9. The SMILES string of the molecule is CC(NC(=O)c1ccc([N+](=O)[O-])[nH]1)c1ccc(Br)cc1. The maximum atomic E-state index is 12.0. The molecule has 0 saturated carbocycles. The molecule has 7 heteroatoms. The van der Waals surface area contributed by atoms with Crippen LogP contribution in [0.1, 0.15) is 29.0 Å². The molecule has 1 atom stereocenters. The minimum absolute atomic E-state index is 0.167. The molecule has 2 N–H and O–H groups in total. The molecule has 2 rings (SSSR count). The number of H-pyrrole nitrogens is 1. The number of nitrogens with one attached hydrogen (secondary N) is 2. The van der Waals surface area contributed by atoms with Gasteiger partial charge in [-0.25, -0.2) is 4.98 Å². The summed E-state index contributed by atoms with van der Waals surface area (Å²) in [6.45, 7) is 1.85. The molecule has 6 nitrogen and oxygen atoms in total. The summed E-state index contributed by atoms with van der Waals surface area (Å²) >= 11 is 3.34. The number of benzene rings is 1. The number of nitro groups is 1. The average Bonchev–Trinajstić information content (AvgIpc) is 2.89. The Labute approximate surface area is 123 Å². The van der Waals surface area contributed by atoms with Crippen molar-refractivity contribution in [1.82, 2.24) is 10.3 Å². The van der Waals surface area contributed by atoms with Crippen molar-refractivity contribution in [2.24, 2.45) is 0 Å². The first-order valence-electron chi connectivity index (χ1n) is 5.87. The lowest BCUT2D eigenvalue weighted by atomic mass is 10.1.